The summed E-state index contributed by atoms with van der Waals surface area (Å²) in [6.45, 7) is 2.48. The lowest BCUT2D eigenvalue weighted by Crippen LogP contribution is -2.48. The maximum absolute atomic E-state index is 11.9. The minimum absolute atomic E-state index is 0.0490. The van der Waals surface area contributed by atoms with E-state index in [0.717, 1.165) is 17.8 Å². The largest absolute Gasteiger partial charge is 0.334 e. The monoisotopic (exact) mass is 301 g/mol. The molecular formula is C14H19N7O. The van der Waals surface area contributed by atoms with Gasteiger partial charge in [-0.1, -0.05) is 0 Å². The SMILES string of the molecule is CC1CC(NC(=O)NCc2ccnc(-n3cccn3)c2)NN1. The van der Waals surface area contributed by atoms with E-state index in [-0.39, 0.29) is 12.2 Å². The molecule has 0 radical (unpaired) electrons. The predicted molar refractivity (Wildman–Crippen MR) is 80.9 cm³/mol. The van der Waals surface area contributed by atoms with Crippen LogP contribution < -0.4 is 21.5 Å². The average Bonchev–Trinajstić information content (AvgIpc) is 3.17. The van der Waals surface area contributed by atoms with Gasteiger partial charge in [-0.25, -0.2) is 19.9 Å². The van der Waals surface area contributed by atoms with Crippen LogP contribution in [0, 0.1) is 0 Å². The first-order valence-corrected chi connectivity index (χ1v) is 7.21. The van der Waals surface area contributed by atoms with Crippen LogP contribution in [0.2, 0.25) is 0 Å². The summed E-state index contributed by atoms with van der Waals surface area (Å²) in [7, 11) is 0. The molecule has 3 heterocycles. The zero-order valence-corrected chi connectivity index (χ0v) is 12.3. The van der Waals surface area contributed by atoms with Crippen LogP contribution in [0.25, 0.3) is 5.82 Å². The van der Waals surface area contributed by atoms with Crippen molar-refractivity contribution in [3.05, 3.63) is 42.4 Å². The van der Waals surface area contributed by atoms with Crippen LogP contribution in [0.3, 0.4) is 0 Å². The Morgan fingerprint density at radius 2 is 2.36 bits per heavy atom. The fourth-order valence-corrected chi connectivity index (χ4v) is 2.30. The van der Waals surface area contributed by atoms with Crippen molar-refractivity contribution in [2.24, 2.45) is 0 Å². The summed E-state index contributed by atoms with van der Waals surface area (Å²) in [4.78, 5) is 16.1. The van der Waals surface area contributed by atoms with Crippen LogP contribution in [-0.2, 0) is 6.54 Å². The van der Waals surface area contributed by atoms with Crippen molar-refractivity contribution < 1.29 is 4.79 Å². The molecule has 0 bridgehead atoms. The second kappa shape index (κ2) is 6.54. The van der Waals surface area contributed by atoms with Crippen LogP contribution in [0.15, 0.2) is 36.8 Å². The number of pyridine rings is 1. The molecule has 8 heteroatoms. The second-order valence-electron chi connectivity index (χ2n) is 5.28. The molecule has 2 amide bonds. The molecular weight excluding hydrogens is 282 g/mol. The van der Waals surface area contributed by atoms with E-state index in [0.29, 0.717) is 12.6 Å². The smallest absolute Gasteiger partial charge is 0.316 e. The summed E-state index contributed by atoms with van der Waals surface area (Å²) < 4.78 is 1.68. The maximum atomic E-state index is 11.9. The molecule has 1 aliphatic rings. The summed E-state index contributed by atoms with van der Waals surface area (Å²) in [6, 6.07) is 5.74. The Kier molecular flexibility index (Phi) is 4.31. The van der Waals surface area contributed by atoms with Crippen molar-refractivity contribution in [2.45, 2.75) is 32.1 Å². The molecule has 0 aliphatic carbocycles. The van der Waals surface area contributed by atoms with Gasteiger partial charge in [0.15, 0.2) is 5.82 Å². The fourth-order valence-electron chi connectivity index (χ4n) is 2.30. The highest BCUT2D eigenvalue weighted by Gasteiger charge is 2.21. The van der Waals surface area contributed by atoms with Crippen molar-refractivity contribution in [1.82, 2.24) is 36.2 Å². The summed E-state index contributed by atoms with van der Waals surface area (Å²) in [5.41, 5.74) is 7.04. The highest BCUT2D eigenvalue weighted by molar-refractivity contribution is 5.74. The average molecular weight is 301 g/mol. The molecule has 0 aromatic carbocycles. The molecule has 2 unspecified atom stereocenters. The van der Waals surface area contributed by atoms with Crippen molar-refractivity contribution in [2.75, 3.05) is 0 Å². The normalized spacial score (nSPS) is 20.8. The van der Waals surface area contributed by atoms with E-state index >= 15 is 0 Å². The fraction of sp³-hybridized carbons (Fsp3) is 0.357. The molecule has 0 saturated carbocycles. The van der Waals surface area contributed by atoms with E-state index in [1.54, 1.807) is 17.1 Å². The molecule has 116 valence electrons. The molecule has 3 rings (SSSR count). The highest BCUT2D eigenvalue weighted by atomic mass is 16.2. The van der Waals surface area contributed by atoms with Gasteiger partial charge in [0, 0.05) is 31.2 Å². The van der Waals surface area contributed by atoms with Crippen LogP contribution >= 0.6 is 0 Å². The van der Waals surface area contributed by atoms with Gasteiger partial charge in [-0.15, -0.1) is 0 Å². The summed E-state index contributed by atoms with van der Waals surface area (Å²) >= 11 is 0. The third-order valence-corrected chi connectivity index (χ3v) is 3.40. The standard InChI is InChI=1S/C14H19N7O/c1-10-7-12(20-19-10)18-14(22)16-9-11-3-5-15-13(8-11)21-6-2-4-17-21/h2-6,8,10,12,19-20H,7,9H2,1H3,(H2,16,18,22). The number of nitrogens with zero attached hydrogens (tertiary/aromatic N) is 3. The molecule has 22 heavy (non-hydrogen) atoms. The zero-order chi connectivity index (χ0) is 15.4. The number of rotatable bonds is 4. The van der Waals surface area contributed by atoms with E-state index in [2.05, 4.69) is 38.5 Å². The van der Waals surface area contributed by atoms with Crippen LogP contribution in [-0.4, -0.2) is 33.0 Å². The lowest BCUT2D eigenvalue weighted by molar-refractivity contribution is 0.235. The van der Waals surface area contributed by atoms with E-state index in [1.807, 2.05) is 24.4 Å². The van der Waals surface area contributed by atoms with Gasteiger partial charge < -0.3 is 10.6 Å². The molecule has 2 aromatic heterocycles. The number of aromatic nitrogens is 3. The molecule has 1 aliphatic heterocycles. The first kappa shape index (κ1) is 14.5. The van der Waals surface area contributed by atoms with Gasteiger partial charge in [0.05, 0.1) is 6.17 Å². The zero-order valence-electron chi connectivity index (χ0n) is 12.3. The van der Waals surface area contributed by atoms with Crippen LogP contribution in [0.4, 0.5) is 4.79 Å². The van der Waals surface area contributed by atoms with Gasteiger partial charge >= 0.3 is 6.03 Å². The third kappa shape index (κ3) is 3.60. The molecule has 2 aromatic rings. The molecule has 1 saturated heterocycles. The molecule has 4 N–H and O–H groups in total. The van der Waals surface area contributed by atoms with Crippen molar-refractivity contribution in [1.29, 1.82) is 0 Å². The van der Waals surface area contributed by atoms with Gasteiger partial charge in [-0.05, 0) is 37.1 Å². The summed E-state index contributed by atoms with van der Waals surface area (Å²) in [6.07, 6.45) is 6.03. The Hall–Kier alpha value is -2.45. The number of hydrazine groups is 1. The van der Waals surface area contributed by atoms with E-state index in [9.17, 15) is 4.79 Å². The lowest BCUT2D eigenvalue weighted by atomic mass is 10.2. The van der Waals surface area contributed by atoms with E-state index < -0.39 is 0 Å². The summed E-state index contributed by atoms with van der Waals surface area (Å²) in [5, 5.41) is 9.84. The van der Waals surface area contributed by atoms with Crippen LogP contribution in [0.1, 0.15) is 18.9 Å². The number of amides is 2. The van der Waals surface area contributed by atoms with E-state index in [1.165, 1.54) is 0 Å². The Bertz CT molecular complexity index is 628. The summed E-state index contributed by atoms with van der Waals surface area (Å²) in [5.74, 6) is 0.722. The Morgan fingerprint density at radius 1 is 1.45 bits per heavy atom. The minimum Gasteiger partial charge on any atom is -0.334 e. The topological polar surface area (TPSA) is 95.9 Å². The molecule has 8 nitrogen and oxygen atoms in total. The Labute approximate surface area is 128 Å². The number of hydrogen-bond acceptors (Lipinski definition) is 5. The van der Waals surface area contributed by atoms with Crippen molar-refractivity contribution >= 4 is 6.03 Å². The van der Waals surface area contributed by atoms with Gasteiger partial charge in [0.1, 0.15) is 0 Å². The van der Waals surface area contributed by atoms with Crippen molar-refractivity contribution in [3.63, 3.8) is 0 Å². The number of urea groups is 1. The molecule has 1 fully saturated rings. The van der Waals surface area contributed by atoms with Gasteiger partial charge in [-0.2, -0.15) is 5.10 Å². The van der Waals surface area contributed by atoms with Gasteiger partial charge in [0.2, 0.25) is 0 Å². The highest BCUT2D eigenvalue weighted by Crippen LogP contribution is 2.06. The first-order chi connectivity index (χ1) is 10.7. The lowest BCUT2D eigenvalue weighted by Gasteiger charge is -2.13. The Balaban J connectivity index is 1.53. The van der Waals surface area contributed by atoms with Gasteiger partial charge in [0.25, 0.3) is 0 Å². The maximum Gasteiger partial charge on any atom is 0.316 e. The third-order valence-electron chi connectivity index (χ3n) is 3.40. The number of hydrogen-bond donors (Lipinski definition) is 4. The quantitative estimate of drug-likeness (QED) is 0.650. The number of carbonyl (C=O) groups excluding carboxylic acids is 1. The number of nitrogens with one attached hydrogen (secondary N) is 4. The van der Waals surface area contributed by atoms with Gasteiger partial charge in [-0.3, -0.25) is 5.43 Å². The van der Waals surface area contributed by atoms with E-state index in [4.69, 9.17) is 0 Å². The molecule has 2 atom stereocenters. The Morgan fingerprint density at radius 3 is 3.09 bits per heavy atom. The van der Waals surface area contributed by atoms with Crippen molar-refractivity contribution in [3.8, 4) is 5.82 Å². The predicted octanol–water partition coefficient (Wildman–Crippen LogP) is 0.279. The molecule has 0 spiro atoms. The minimum atomic E-state index is -0.203. The number of carbonyl (C=O) groups is 1. The second-order valence-corrected chi connectivity index (χ2v) is 5.28. The van der Waals surface area contributed by atoms with Crippen LogP contribution in [0.5, 0.6) is 0 Å². The first-order valence-electron chi connectivity index (χ1n) is 7.21.